The molecule has 2 unspecified atom stereocenters. The molecule has 7 nitrogen and oxygen atoms in total. The molecule has 1 saturated heterocycles. The number of benzene rings is 2. The van der Waals surface area contributed by atoms with Crippen LogP contribution in [0.15, 0.2) is 42.5 Å². The predicted octanol–water partition coefficient (Wildman–Crippen LogP) is 3.53. The minimum absolute atomic E-state index is 0.129. The second-order valence-corrected chi connectivity index (χ2v) is 10.6. The molecule has 2 aromatic carbocycles. The van der Waals surface area contributed by atoms with Crippen molar-refractivity contribution in [1.29, 1.82) is 0 Å². The average Bonchev–Trinajstić information content (AvgIpc) is 2.78. The van der Waals surface area contributed by atoms with Gasteiger partial charge in [-0.1, -0.05) is 29.8 Å². The maximum absolute atomic E-state index is 12.9. The third-order valence-corrected chi connectivity index (χ3v) is 7.86. The molecule has 2 heterocycles. The van der Waals surface area contributed by atoms with Crippen LogP contribution >= 0.6 is 11.6 Å². The minimum Gasteiger partial charge on any atom is -0.486 e. The fourth-order valence-electron chi connectivity index (χ4n) is 4.08. The molecule has 4 rings (SSSR count). The highest BCUT2D eigenvalue weighted by Crippen LogP contribution is 2.33. The number of carbonyl (C=O) groups is 1. The van der Waals surface area contributed by atoms with Crippen LogP contribution in [0.25, 0.3) is 0 Å². The molecule has 2 atom stereocenters. The number of ether oxygens (including phenoxy) is 2. The summed E-state index contributed by atoms with van der Waals surface area (Å²) in [6.07, 6.45) is 1.30. The van der Waals surface area contributed by atoms with Crippen molar-refractivity contribution in [1.82, 2.24) is 9.62 Å². The molecule has 2 aromatic rings. The van der Waals surface area contributed by atoms with Crippen LogP contribution < -0.4 is 14.8 Å². The third kappa shape index (κ3) is 5.36. The van der Waals surface area contributed by atoms with Gasteiger partial charge in [0.05, 0.1) is 17.7 Å². The van der Waals surface area contributed by atoms with E-state index in [0.717, 1.165) is 5.56 Å². The van der Waals surface area contributed by atoms with E-state index in [9.17, 15) is 13.2 Å². The van der Waals surface area contributed by atoms with Gasteiger partial charge in [0.25, 0.3) is 0 Å². The zero-order chi connectivity index (χ0) is 22.7. The standard InChI is InChI=1S/C23H27ClN2O5S/c1-16(18-7-8-21-22(13-18)31-11-10-30-21)25-23(27)19-5-3-9-26(14-19)32(28,29)15-17-4-2-6-20(24)12-17/h2,4,6-8,12-13,16,19H,3,5,9-11,14-15H2,1H3,(H,25,27). The lowest BCUT2D eigenvalue weighted by Crippen LogP contribution is -2.46. The first-order chi connectivity index (χ1) is 15.3. The van der Waals surface area contributed by atoms with Gasteiger partial charge in [-0.3, -0.25) is 4.79 Å². The minimum atomic E-state index is -3.55. The number of halogens is 1. The lowest BCUT2D eigenvalue weighted by atomic mass is 9.97. The Hall–Kier alpha value is -2.29. The zero-order valence-corrected chi connectivity index (χ0v) is 19.5. The van der Waals surface area contributed by atoms with Gasteiger partial charge in [-0.05, 0) is 55.2 Å². The molecule has 1 fully saturated rings. The molecule has 0 radical (unpaired) electrons. The van der Waals surface area contributed by atoms with E-state index < -0.39 is 15.9 Å². The monoisotopic (exact) mass is 478 g/mol. The van der Waals surface area contributed by atoms with Crippen LogP contribution in [0.2, 0.25) is 5.02 Å². The van der Waals surface area contributed by atoms with Gasteiger partial charge < -0.3 is 14.8 Å². The summed E-state index contributed by atoms with van der Waals surface area (Å²) in [4.78, 5) is 12.9. The molecule has 9 heteroatoms. The van der Waals surface area contributed by atoms with Crippen LogP contribution in [-0.4, -0.2) is 44.9 Å². The van der Waals surface area contributed by atoms with Crippen LogP contribution in [0.3, 0.4) is 0 Å². The van der Waals surface area contributed by atoms with E-state index in [-0.39, 0.29) is 24.2 Å². The summed E-state index contributed by atoms with van der Waals surface area (Å²) < 4.78 is 38.5. The number of nitrogens with zero attached hydrogens (tertiary/aromatic N) is 1. The molecule has 172 valence electrons. The van der Waals surface area contributed by atoms with Gasteiger partial charge in [-0.15, -0.1) is 0 Å². The molecule has 0 saturated carbocycles. The van der Waals surface area contributed by atoms with E-state index in [1.54, 1.807) is 24.3 Å². The maximum Gasteiger partial charge on any atom is 0.224 e. The fourth-order valence-corrected chi connectivity index (χ4v) is 5.89. The highest BCUT2D eigenvalue weighted by molar-refractivity contribution is 7.88. The van der Waals surface area contributed by atoms with E-state index in [0.29, 0.717) is 54.7 Å². The van der Waals surface area contributed by atoms with E-state index in [2.05, 4.69) is 5.32 Å². The molecule has 2 aliphatic heterocycles. The van der Waals surface area contributed by atoms with Gasteiger partial charge in [0.2, 0.25) is 15.9 Å². The Morgan fingerprint density at radius 3 is 2.75 bits per heavy atom. The Labute approximate surface area is 193 Å². The van der Waals surface area contributed by atoms with Gasteiger partial charge in [0, 0.05) is 18.1 Å². The quantitative estimate of drug-likeness (QED) is 0.686. The van der Waals surface area contributed by atoms with Gasteiger partial charge in [0.15, 0.2) is 11.5 Å². The highest BCUT2D eigenvalue weighted by atomic mass is 35.5. The fraction of sp³-hybridized carbons (Fsp3) is 0.435. The number of carbonyl (C=O) groups excluding carboxylic acids is 1. The van der Waals surface area contributed by atoms with Gasteiger partial charge in [0.1, 0.15) is 13.2 Å². The van der Waals surface area contributed by atoms with Crippen LogP contribution in [0, 0.1) is 5.92 Å². The van der Waals surface area contributed by atoms with Crippen molar-refractivity contribution in [2.45, 2.75) is 31.6 Å². The average molecular weight is 479 g/mol. The number of piperidine rings is 1. The van der Waals surface area contributed by atoms with Gasteiger partial charge >= 0.3 is 0 Å². The smallest absolute Gasteiger partial charge is 0.224 e. The second-order valence-electron chi connectivity index (χ2n) is 8.22. The van der Waals surface area contributed by atoms with Gasteiger partial charge in [-0.2, -0.15) is 0 Å². The summed E-state index contributed by atoms with van der Waals surface area (Å²) in [6.45, 7) is 3.53. The highest BCUT2D eigenvalue weighted by Gasteiger charge is 2.33. The second kappa shape index (κ2) is 9.68. The number of amides is 1. The topological polar surface area (TPSA) is 84.9 Å². The SMILES string of the molecule is CC(NC(=O)C1CCCN(S(=O)(=O)Cc2cccc(Cl)c2)C1)c1ccc2c(c1)OCCO2. The molecule has 0 aliphatic carbocycles. The predicted molar refractivity (Wildman–Crippen MR) is 122 cm³/mol. The zero-order valence-electron chi connectivity index (χ0n) is 17.9. The summed E-state index contributed by atoms with van der Waals surface area (Å²) in [6, 6.07) is 12.2. The molecule has 0 spiro atoms. The Morgan fingerprint density at radius 2 is 1.97 bits per heavy atom. The largest absolute Gasteiger partial charge is 0.486 e. The molecule has 1 N–H and O–H groups in total. The van der Waals surface area contributed by atoms with Crippen LogP contribution in [0.5, 0.6) is 11.5 Å². The molecule has 1 amide bonds. The number of hydrogen-bond acceptors (Lipinski definition) is 5. The number of fused-ring (bicyclic) bond motifs is 1. The van der Waals surface area contributed by atoms with Crippen molar-refractivity contribution in [3.8, 4) is 11.5 Å². The van der Waals surface area contributed by atoms with Crippen molar-refractivity contribution < 1.29 is 22.7 Å². The first-order valence-corrected chi connectivity index (χ1v) is 12.7. The lowest BCUT2D eigenvalue weighted by molar-refractivity contribution is -0.126. The first kappa shape index (κ1) is 22.9. The number of nitrogens with one attached hydrogen (secondary N) is 1. The van der Waals surface area contributed by atoms with Crippen molar-refractivity contribution in [2.75, 3.05) is 26.3 Å². The van der Waals surface area contributed by atoms with E-state index >= 15 is 0 Å². The Kier molecular flexibility index (Phi) is 6.93. The number of sulfonamides is 1. The Bertz CT molecular complexity index is 1090. The van der Waals surface area contributed by atoms with Crippen molar-refractivity contribution in [3.63, 3.8) is 0 Å². The summed E-state index contributed by atoms with van der Waals surface area (Å²) in [5, 5.41) is 3.53. The Morgan fingerprint density at radius 1 is 1.19 bits per heavy atom. The van der Waals surface area contributed by atoms with Gasteiger partial charge in [-0.25, -0.2) is 12.7 Å². The third-order valence-electron chi connectivity index (χ3n) is 5.81. The normalized spacial score (nSPS) is 19.9. The van der Waals surface area contributed by atoms with Crippen molar-refractivity contribution in [3.05, 3.63) is 58.6 Å². The molecule has 0 aromatic heterocycles. The number of rotatable bonds is 6. The summed E-state index contributed by atoms with van der Waals surface area (Å²) in [5.74, 6) is 0.708. The van der Waals surface area contributed by atoms with E-state index in [1.807, 2.05) is 25.1 Å². The van der Waals surface area contributed by atoms with Crippen molar-refractivity contribution >= 4 is 27.5 Å². The Balaban J connectivity index is 1.38. The first-order valence-electron chi connectivity index (χ1n) is 10.7. The van der Waals surface area contributed by atoms with E-state index in [4.69, 9.17) is 21.1 Å². The van der Waals surface area contributed by atoms with Crippen molar-refractivity contribution in [2.24, 2.45) is 5.92 Å². The summed E-state index contributed by atoms with van der Waals surface area (Å²) in [5.41, 5.74) is 1.54. The molecule has 0 bridgehead atoms. The molecular weight excluding hydrogens is 452 g/mol. The van der Waals surface area contributed by atoms with E-state index in [1.165, 1.54) is 4.31 Å². The molecular formula is C23H27ClN2O5S. The van der Waals surface area contributed by atoms with Crippen LogP contribution in [0.4, 0.5) is 0 Å². The van der Waals surface area contributed by atoms with Crippen LogP contribution in [0.1, 0.15) is 36.9 Å². The lowest BCUT2D eigenvalue weighted by Gasteiger charge is -2.32. The molecule has 32 heavy (non-hydrogen) atoms. The summed E-state index contributed by atoms with van der Waals surface area (Å²) >= 11 is 5.99. The molecule has 2 aliphatic rings. The summed E-state index contributed by atoms with van der Waals surface area (Å²) in [7, 11) is -3.55. The van der Waals surface area contributed by atoms with Crippen LogP contribution in [-0.2, 0) is 20.6 Å². The maximum atomic E-state index is 12.9. The number of hydrogen-bond donors (Lipinski definition) is 1.